The number of aryl methyl sites for hydroxylation is 1. The van der Waals surface area contributed by atoms with Crippen molar-refractivity contribution < 1.29 is 4.74 Å². The van der Waals surface area contributed by atoms with Crippen molar-refractivity contribution in [1.29, 1.82) is 0 Å². The number of aromatic nitrogens is 2. The second-order valence-electron chi connectivity index (χ2n) is 6.63. The lowest BCUT2D eigenvalue weighted by Crippen LogP contribution is -2.26. The predicted octanol–water partition coefficient (Wildman–Crippen LogP) is 2.36. The molecule has 0 spiro atoms. The van der Waals surface area contributed by atoms with E-state index in [0.29, 0.717) is 6.04 Å². The lowest BCUT2D eigenvalue weighted by Gasteiger charge is -2.22. The Morgan fingerprint density at radius 2 is 2.24 bits per heavy atom. The van der Waals surface area contributed by atoms with Gasteiger partial charge in [-0.05, 0) is 44.1 Å². The second-order valence-corrected chi connectivity index (χ2v) is 6.63. The Balaban J connectivity index is 1.42. The summed E-state index contributed by atoms with van der Waals surface area (Å²) in [6, 6.07) is 0.629. The molecule has 0 radical (unpaired) electrons. The maximum atomic E-state index is 5.56. The molecule has 0 aromatic carbocycles. The number of likely N-dealkylation sites (tertiary alicyclic amines) is 1. The van der Waals surface area contributed by atoms with Crippen LogP contribution in [-0.4, -0.2) is 47.3 Å². The van der Waals surface area contributed by atoms with E-state index >= 15 is 0 Å². The first-order chi connectivity index (χ1) is 10.4. The Kier molecular flexibility index (Phi) is 3.82. The molecule has 1 aromatic heterocycles. The summed E-state index contributed by atoms with van der Waals surface area (Å²) >= 11 is 0. The van der Waals surface area contributed by atoms with Gasteiger partial charge in [-0.3, -0.25) is 4.90 Å². The van der Waals surface area contributed by atoms with Crippen molar-refractivity contribution in [2.45, 2.75) is 44.6 Å². The van der Waals surface area contributed by atoms with Gasteiger partial charge in [-0.2, -0.15) is 0 Å². The maximum absolute atomic E-state index is 5.56. The first-order valence-electron chi connectivity index (χ1n) is 8.43. The molecule has 3 aliphatic rings. The zero-order valence-corrected chi connectivity index (χ0v) is 12.8. The minimum Gasteiger partial charge on any atom is -0.377 e. The molecule has 1 fully saturated rings. The zero-order valence-electron chi connectivity index (χ0n) is 12.8. The summed E-state index contributed by atoms with van der Waals surface area (Å²) in [4.78, 5) is 7.24. The predicted molar refractivity (Wildman–Crippen MR) is 82.5 cm³/mol. The van der Waals surface area contributed by atoms with Crippen molar-refractivity contribution in [3.05, 3.63) is 29.4 Å². The van der Waals surface area contributed by atoms with Crippen LogP contribution in [0.2, 0.25) is 0 Å². The highest BCUT2D eigenvalue weighted by Crippen LogP contribution is 2.28. The van der Waals surface area contributed by atoms with Gasteiger partial charge in [0.2, 0.25) is 0 Å². The van der Waals surface area contributed by atoms with Gasteiger partial charge in [0, 0.05) is 31.4 Å². The van der Waals surface area contributed by atoms with E-state index in [2.05, 4.69) is 26.9 Å². The number of fused-ring (bicyclic) bond motifs is 1. The average Bonchev–Trinajstić information content (AvgIpc) is 3.14. The van der Waals surface area contributed by atoms with E-state index in [9.17, 15) is 0 Å². The molecule has 0 amide bonds. The fourth-order valence-corrected chi connectivity index (χ4v) is 4.00. The first-order valence-corrected chi connectivity index (χ1v) is 8.43. The largest absolute Gasteiger partial charge is 0.377 e. The summed E-state index contributed by atoms with van der Waals surface area (Å²) in [7, 11) is 0. The number of hydrogen-bond donors (Lipinski definition) is 0. The van der Waals surface area contributed by atoms with Gasteiger partial charge in [-0.15, -0.1) is 0 Å². The van der Waals surface area contributed by atoms with E-state index in [1.807, 2.05) is 0 Å². The molecule has 0 N–H and O–H groups in total. The van der Waals surface area contributed by atoms with Gasteiger partial charge in [0.1, 0.15) is 0 Å². The monoisotopic (exact) mass is 287 g/mol. The summed E-state index contributed by atoms with van der Waals surface area (Å²) in [5.41, 5.74) is 4.35. The molecule has 0 bridgehead atoms. The van der Waals surface area contributed by atoms with E-state index in [-0.39, 0.29) is 0 Å². The second kappa shape index (κ2) is 5.93. The Bertz CT molecular complexity index is 534. The fraction of sp³-hybridized carbons (Fsp3) is 0.706. The molecule has 4 heteroatoms. The van der Waals surface area contributed by atoms with E-state index in [0.717, 1.165) is 26.2 Å². The van der Waals surface area contributed by atoms with Crippen LogP contribution >= 0.6 is 0 Å². The van der Waals surface area contributed by atoms with Crippen LogP contribution in [0.15, 0.2) is 18.0 Å². The Hall–Kier alpha value is -1.13. The van der Waals surface area contributed by atoms with E-state index in [1.54, 1.807) is 0 Å². The summed E-state index contributed by atoms with van der Waals surface area (Å²) < 4.78 is 8.04. The summed E-state index contributed by atoms with van der Waals surface area (Å²) in [6.07, 6.45) is 11.9. The van der Waals surface area contributed by atoms with E-state index in [4.69, 9.17) is 4.74 Å². The molecule has 4 rings (SSSR count). The molecule has 114 valence electrons. The van der Waals surface area contributed by atoms with Crippen LogP contribution in [0.3, 0.4) is 0 Å². The number of hydrogen-bond acceptors (Lipinski definition) is 3. The van der Waals surface area contributed by atoms with Crippen LogP contribution in [0.25, 0.3) is 0 Å². The molecule has 1 aliphatic carbocycles. The number of rotatable bonds is 3. The molecule has 4 nitrogen and oxygen atoms in total. The number of imidazole rings is 1. The van der Waals surface area contributed by atoms with Crippen LogP contribution in [0, 0.1) is 0 Å². The van der Waals surface area contributed by atoms with Crippen molar-refractivity contribution in [2.75, 3.05) is 32.8 Å². The standard InChI is InChI=1S/C17H25N3O/c1-2-6-17-16(5-1)18-13-20(17)15-7-8-19(11-15)10-14-4-3-9-21-12-14/h4,13,15H,1-3,5-12H2/t15-/m0/s1. The van der Waals surface area contributed by atoms with E-state index in [1.165, 1.54) is 62.2 Å². The third kappa shape index (κ3) is 2.79. The van der Waals surface area contributed by atoms with Gasteiger partial charge < -0.3 is 9.30 Å². The third-order valence-electron chi connectivity index (χ3n) is 5.11. The molecular weight excluding hydrogens is 262 g/mol. The number of ether oxygens (including phenoxy) is 1. The summed E-state index contributed by atoms with van der Waals surface area (Å²) in [5, 5.41) is 0. The quantitative estimate of drug-likeness (QED) is 0.800. The Morgan fingerprint density at radius 3 is 3.14 bits per heavy atom. The lowest BCUT2D eigenvalue weighted by atomic mass is 10.0. The highest BCUT2D eigenvalue weighted by molar-refractivity contribution is 5.18. The van der Waals surface area contributed by atoms with Crippen molar-refractivity contribution in [1.82, 2.24) is 14.5 Å². The van der Waals surface area contributed by atoms with Gasteiger partial charge >= 0.3 is 0 Å². The molecule has 1 aromatic rings. The fourth-order valence-electron chi connectivity index (χ4n) is 4.00. The molecular formula is C17H25N3O. The van der Waals surface area contributed by atoms with Crippen molar-refractivity contribution in [2.24, 2.45) is 0 Å². The average molecular weight is 287 g/mol. The molecule has 1 atom stereocenters. The topological polar surface area (TPSA) is 30.3 Å². The molecule has 3 heterocycles. The van der Waals surface area contributed by atoms with Gasteiger partial charge in [0.15, 0.2) is 0 Å². The Labute approximate surface area is 126 Å². The highest BCUT2D eigenvalue weighted by Gasteiger charge is 2.27. The van der Waals surface area contributed by atoms with Gasteiger partial charge in [-0.25, -0.2) is 4.98 Å². The molecule has 21 heavy (non-hydrogen) atoms. The van der Waals surface area contributed by atoms with Gasteiger partial charge in [-0.1, -0.05) is 6.08 Å². The van der Waals surface area contributed by atoms with Crippen LogP contribution in [-0.2, 0) is 17.6 Å². The van der Waals surface area contributed by atoms with Crippen molar-refractivity contribution in [3.63, 3.8) is 0 Å². The molecule has 1 saturated heterocycles. The molecule has 0 unspecified atom stereocenters. The first kappa shape index (κ1) is 13.5. The molecule has 0 saturated carbocycles. The zero-order chi connectivity index (χ0) is 14.1. The normalized spacial score (nSPS) is 26.7. The lowest BCUT2D eigenvalue weighted by molar-refractivity contribution is 0.143. The SMILES string of the molecule is C1=C(CN2CC[C@H](n3cnc4c3CCCC4)C2)COCC1. The Morgan fingerprint density at radius 1 is 1.29 bits per heavy atom. The van der Waals surface area contributed by atoms with Gasteiger partial charge in [0.05, 0.1) is 25.2 Å². The van der Waals surface area contributed by atoms with Crippen molar-refractivity contribution in [3.8, 4) is 0 Å². The third-order valence-corrected chi connectivity index (χ3v) is 5.11. The highest BCUT2D eigenvalue weighted by atomic mass is 16.5. The maximum Gasteiger partial charge on any atom is 0.0954 e. The summed E-state index contributed by atoms with van der Waals surface area (Å²) in [6.45, 7) is 5.19. The van der Waals surface area contributed by atoms with Crippen LogP contribution in [0.4, 0.5) is 0 Å². The van der Waals surface area contributed by atoms with Gasteiger partial charge in [0.25, 0.3) is 0 Å². The summed E-state index contributed by atoms with van der Waals surface area (Å²) in [5.74, 6) is 0. The van der Waals surface area contributed by atoms with E-state index < -0.39 is 0 Å². The van der Waals surface area contributed by atoms with Crippen LogP contribution in [0.5, 0.6) is 0 Å². The van der Waals surface area contributed by atoms with Crippen LogP contribution in [0.1, 0.15) is 43.1 Å². The minimum absolute atomic E-state index is 0.629. The molecule has 2 aliphatic heterocycles. The number of nitrogens with zero attached hydrogens (tertiary/aromatic N) is 3. The smallest absolute Gasteiger partial charge is 0.0954 e. The van der Waals surface area contributed by atoms with Crippen molar-refractivity contribution >= 4 is 0 Å². The van der Waals surface area contributed by atoms with Crippen LogP contribution < -0.4 is 0 Å². The minimum atomic E-state index is 0.629.